The molecule has 2 aromatic rings. The predicted octanol–water partition coefficient (Wildman–Crippen LogP) is 2.60. The summed E-state index contributed by atoms with van der Waals surface area (Å²) in [7, 11) is 1.85. The highest BCUT2D eigenvalue weighted by atomic mass is 19.1. The third-order valence-corrected chi connectivity index (χ3v) is 5.18. The number of hydrogen-bond acceptors (Lipinski definition) is 5. The van der Waals surface area contributed by atoms with Crippen molar-refractivity contribution in [3.63, 3.8) is 0 Å². The van der Waals surface area contributed by atoms with E-state index in [4.69, 9.17) is 4.74 Å². The number of hydrogen-bond donors (Lipinski definition) is 2. The van der Waals surface area contributed by atoms with E-state index in [0.29, 0.717) is 29.7 Å². The minimum absolute atomic E-state index is 0.225. The number of rotatable bonds is 3. The smallest absolute Gasteiger partial charge is 0.410 e. The molecule has 8 nitrogen and oxygen atoms in total. The SMILES string of the molecule is CN1CCN(C(=O)OC(C)(C)C)C[C@H]1C(=O)NC(C)(C)c1n[nH]c2c(F)cccc12. The predicted molar refractivity (Wildman–Crippen MR) is 111 cm³/mol. The quantitative estimate of drug-likeness (QED) is 0.798. The Morgan fingerprint density at radius 2 is 1.93 bits per heavy atom. The van der Waals surface area contributed by atoms with Crippen molar-refractivity contribution in [2.24, 2.45) is 0 Å². The van der Waals surface area contributed by atoms with Crippen molar-refractivity contribution in [2.45, 2.75) is 51.8 Å². The van der Waals surface area contributed by atoms with E-state index in [0.717, 1.165) is 0 Å². The van der Waals surface area contributed by atoms with E-state index in [1.807, 2.05) is 46.6 Å². The number of carbonyl (C=O) groups excluding carboxylic acids is 2. The Hall–Kier alpha value is -2.68. The minimum atomic E-state index is -0.849. The summed E-state index contributed by atoms with van der Waals surface area (Å²) in [5.74, 6) is -0.628. The molecule has 1 aliphatic heterocycles. The number of carbonyl (C=O) groups is 2. The van der Waals surface area contributed by atoms with Crippen LogP contribution in [0.2, 0.25) is 0 Å². The summed E-state index contributed by atoms with van der Waals surface area (Å²) in [4.78, 5) is 29.0. The number of H-pyrrole nitrogens is 1. The van der Waals surface area contributed by atoms with E-state index in [-0.39, 0.29) is 12.5 Å². The molecule has 2 N–H and O–H groups in total. The normalized spacial score (nSPS) is 18.5. The summed E-state index contributed by atoms with van der Waals surface area (Å²) in [5.41, 5.74) is -0.595. The average molecular weight is 420 g/mol. The molecule has 1 aliphatic rings. The number of ether oxygens (including phenoxy) is 1. The van der Waals surface area contributed by atoms with Gasteiger partial charge < -0.3 is 15.0 Å². The number of aromatic amines is 1. The Balaban J connectivity index is 1.76. The van der Waals surface area contributed by atoms with Crippen molar-refractivity contribution in [2.75, 3.05) is 26.7 Å². The van der Waals surface area contributed by atoms with Crippen LogP contribution in [0.4, 0.5) is 9.18 Å². The van der Waals surface area contributed by atoms with Gasteiger partial charge in [0.2, 0.25) is 5.91 Å². The number of piperazine rings is 1. The zero-order valence-electron chi connectivity index (χ0n) is 18.4. The summed E-state index contributed by atoms with van der Waals surface area (Å²) >= 11 is 0. The molecule has 164 valence electrons. The van der Waals surface area contributed by atoms with Crippen molar-refractivity contribution in [1.29, 1.82) is 0 Å². The highest BCUT2D eigenvalue weighted by Crippen LogP contribution is 2.28. The molecule has 0 spiro atoms. The maximum atomic E-state index is 14.0. The highest BCUT2D eigenvalue weighted by molar-refractivity contribution is 5.86. The summed E-state index contributed by atoms with van der Waals surface area (Å²) in [6.45, 7) is 10.3. The van der Waals surface area contributed by atoms with Crippen LogP contribution in [0.3, 0.4) is 0 Å². The second kappa shape index (κ2) is 7.86. The number of para-hydroxylation sites is 1. The lowest BCUT2D eigenvalue weighted by molar-refractivity contribution is -0.129. The van der Waals surface area contributed by atoms with Gasteiger partial charge >= 0.3 is 6.09 Å². The molecule has 1 saturated heterocycles. The van der Waals surface area contributed by atoms with Crippen LogP contribution in [0.5, 0.6) is 0 Å². The summed E-state index contributed by atoms with van der Waals surface area (Å²) in [6, 6.07) is 4.20. The van der Waals surface area contributed by atoms with Gasteiger partial charge in [-0.3, -0.25) is 14.8 Å². The van der Waals surface area contributed by atoms with E-state index in [2.05, 4.69) is 15.5 Å². The van der Waals surface area contributed by atoms with Crippen LogP contribution in [0.25, 0.3) is 10.9 Å². The summed E-state index contributed by atoms with van der Waals surface area (Å²) in [5, 5.41) is 10.6. The molecule has 2 heterocycles. The molecule has 3 rings (SSSR count). The molecule has 0 bridgehead atoms. The lowest BCUT2D eigenvalue weighted by atomic mass is 9.96. The number of aromatic nitrogens is 2. The number of nitrogens with one attached hydrogen (secondary N) is 2. The van der Waals surface area contributed by atoms with Crippen LogP contribution in [0.1, 0.15) is 40.3 Å². The van der Waals surface area contributed by atoms with Crippen LogP contribution in [0, 0.1) is 5.82 Å². The number of benzene rings is 1. The molecule has 30 heavy (non-hydrogen) atoms. The van der Waals surface area contributed by atoms with Crippen LogP contribution in [-0.2, 0) is 15.1 Å². The standard InChI is InChI=1S/C21H30FN5O3/c1-20(2,3)30-19(29)27-11-10-26(6)15(12-27)18(28)23-21(4,5)17-13-8-7-9-14(22)16(13)24-25-17/h7-9,15H,10-12H2,1-6H3,(H,23,28)(H,24,25)/t15-/m0/s1. The summed E-state index contributed by atoms with van der Waals surface area (Å²) < 4.78 is 19.5. The minimum Gasteiger partial charge on any atom is -0.444 e. The summed E-state index contributed by atoms with van der Waals surface area (Å²) in [6.07, 6.45) is -0.429. The molecule has 0 unspecified atom stereocenters. The largest absolute Gasteiger partial charge is 0.444 e. The maximum Gasteiger partial charge on any atom is 0.410 e. The third kappa shape index (κ3) is 4.56. The number of amides is 2. The Labute approximate surface area is 175 Å². The number of likely N-dealkylation sites (N-methyl/N-ethyl adjacent to an activating group) is 1. The fraction of sp³-hybridized carbons (Fsp3) is 0.571. The van der Waals surface area contributed by atoms with Gasteiger partial charge in [0.1, 0.15) is 23.0 Å². The van der Waals surface area contributed by atoms with Gasteiger partial charge in [0.25, 0.3) is 0 Å². The second-order valence-corrected chi connectivity index (χ2v) is 9.27. The van der Waals surface area contributed by atoms with Crippen LogP contribution < -0.4 is 5.32 Å². The van der Waals surface area contributed by atoms with Crippen molar-refractivity contribution in [1.82, 2.24) is 25.3 Å². The topological polar surface area (TPSA) is 90.6 Å². The van der Waals surface area contributed by atoms with Gasteiger partial charge in [-0.15, -0.1) is 0 Å². The number of halogens is 1. The maximum absolute atomic E-state index is 14.0. The molecule has 0 aliphatic carbocycles. The first kappa shape index (κ1) is 22.0. The highest BCUT2D eigenvalue weighted by Gasteiger charge is 2.37. The van der Waals surface area contributed by atoms with Crippen molar-refractivity contribution >= 4 is 22.9 Å². The van der Waals surface area contributed by atoms with E-state index in [9.17, 15) is 14.0 Å². The molecule has 0 radical (unpaired) electrons. The van der Waals surface area contributed by atoms with Crippen LogP contribution in [0.15, 0.2) is 18.2 Å². The average Bonchev–Trinajstić information content (AvgIpc) is 3.06. The Morgan fingerprint density at radius 1 is 1.23 bits per heavy atom. The molecular formula is C21H30FN5O3. The van der Waals surface area contributed by atoms with E-state index >= 15 is 0 Å². The Morgan fingerprint density at radius 3 is 2.60 bits per heavy atom. The van der Waals surface area contributed by atoms with E-state index < -0.39 is 29.1 Å². The Bertz CT molecular complexity index is 950. The van der Waals surface area contributed by atoms with Crippen molar-refractivity contribution in [3.05, 3.63) is 29.7 Å². The molecule has 0 saturated carbocycles. The van der Waals surface area contributed by atoms with Crippen LogP contribution >= 0.6 is 0 Å². The van der Waals surface area contributed by atoms with Gasteiger partial charge in [-0.2, -0.15) is 5.10 Å². The molecule has 1 fully saturated rings. The monoisotopic (exact) mass is 419 g/mol. The van der Waals surface area contributed by atoms with Gasteiger partial charge in [-0.05, 0) is 47.7 Å². The fourth-order valence-corrected chi connectivity index (χ4v) is 3.58. The van der Waals surface area contributed by atoms with Gasteiger partial charge in [0.15, 0.2) is 0 Å². The van der Waals surface area contributed by atoms with E-state index in [1.54, 1.807) is 17.0 Å². The van der Waals surface area contributed by atoms with Gasteiger partial charge in [-0.25, -0.2) is 9.18 Å². The number of fused-ring (bicyclic) bond motifs is 1. The van der Waals surface area contributed by atoms with Gasteiger partial charge in [0.05, 0.1) is 11.2 Å². The van der Waals surface area contributed by atoms with E-state index in [1.165, 1.54) is 6.07 Å². The lowest BCUT2D eigenvalue weighted by Gasteiger charge is -2.40. The zero-order valence-corrected chi connectivity index (χ0v) is 18.4. The first-order chi connectivity index (χ1) is 13.9. The first-order valence-corrected chi connectivity index (χ1v) is 10.0. The molecule has 9 heteroatoms. The van der Waals surface area contributed by atoms with Gasteiger partial charge in [0, 0.05) is 25.0 Å². The lowest BCUT2D eigenvalue weighted by Crippen LogP contribution is -2.61. The third-order valence-electron chi connectivity index (χ3n) is 5.18. The molecule has 1 aromatic carbocycles. The fourth-order valence-electron chi connectivity index (χ4n) is 3.58. The zero-order chi connectivity index (χ0) is 22.3. The van der Waals surface area contributed by atoms with Crippen molar-refractivity contribution < 1.29 is 18.7 Å². The Kier molecular flexibility index (Phi) is 5.77. The molecule has 1 aromatic heterocycles. The molecular weight excluding hydrogens is 389 g/mol. The second-order valence-electron chi connectivity index (χ2n) is 9.27. The first-order valence-electron chi connectivity index (χ1n) is 10.0. The molecule has 1 atom stereocenters. The van der Waals surface area contributed by atoms with Crippen molar-refractivity contribution in [3.8, 4) is 0 Å². The molecule has 2 amide bonds. The van der Waals surface area contributed by atoms with Crippen LogP contribution in [-0.4, -0.2) is 70.3 Å². The van der Waals surface area contributed by atoms with Gasteiger partial charge in [-0.1, -0.05) is 12.1 Å². The number of nitrogens with zero attached hydrogens (tertiary/aromatic N) is 3.